The van der Waals surface area contributed by atoms with Gasteiger partial charge < -0.3 is 4.52 Å². The molecule has 5 nitrogen and oxygen atoms in total. The summed E-state index contributed by atoms with van der Waals surface area (Å²) in [4.78, 5) is 9.41. The third kappa shape index (κ3) is 3.94. The molecule has 3 aromatic rings. The van der Waals surface area contributed by atoms with Crippen molar-refractivity contribution in [3.8, 4) is 0 Å². The molecule has 140 valence electrons. The van der Waals surface area contributed by atoms with Crippen molar-refractivity contribution in [3.05, 3.63) is 83.5 Å². The van der Waals surface area contributed by atoms with E-state index in [2.05, 4.69) is 87.5 Å². The quantitative estimate of drug-likeness (QED) is 0.690. The van der Waals surface area contributed by atoms with Crippen LogP contribution >= 0.6 is 0 Å². The number of nitrogens with zero attached hydrogens (tertiary/aromatic N) is 4. The summed E-state index contributed by atoms with van der Waals surface area (Å²) in [5, 5.41) is 3.93. The Morgan fingerprint density at radius 1 is 0.815 bits per heavy atom. The van der Waals surface area contributed by atoms with E-state index in [1.807, 2.05) is 6.92 Å². The zero-order valence-corrected chi connectivity index (χ0v) is 16.0. The number of piperazine rings is 1. The normalized spacial score (nSPS) is 17.3. The van der Waals surface area contributed by atoms with Gasteiger partial charge in [0.25, 0.3) is 0 Å². The van der Waals surface area contributed by atoms with Crippen LogP contribution in [0.25, 0.3) is 0 Å². The van der Waals surface area contributed by atoms with Gasteiger partial charge in [0, 0.05) is 26.2 Å². The molecule has 27 heavy (non-hydrogen) atoms. The summed E-state index contributed by atoms with van der Waals surface area (Å²) in [7, 11) is 0. The molecule has 2 aromatic carbocycles. The average molecular weight is 362 g/mol. The number of hydrogen-bond donors (Lipinski definition) is 0. The highest BCUT2D eigenvalue weighted by molar-refractivity contribution is 5.32. The first-order valence-electron chi connectivity index (χ1n) is 9.60. The molecule has 0 bridgehead atoms. The fourth-order valence-corrected chi connectivity index (χ4v) is 3.91. The monoisotopic (exact) mass is 362 g/mol. The van der Waals surface area contributed by atoms with Crippen LogP contribution in [0.2, 0.25) is 0 Å². The van der Waals surface area contributed by atoms with Gasteiger partial charge in [-0.1, -0.05) is 65.8 Å². The van der Waals surface area contributed by atoms with Gasteiger partial charge in [-0.3, -0.25) is 9.80 Å². The lowest BCUT2D eigenvalue weighted by Gasteiger charge is -2.41. The van der Waals surface area contributed by atoms with Crippen LogP contribution in [0.3, 0.4) is 0 Å². The molecule has 1 atom stereocenters. The third-order valence-corrected chi connectivity index (χ3v) is 5.39. The van der Waals surface area contributed by atoms with E-state index >= 15 is 0 Å². The van der Waals surface area contributed by atoms with Crippen molar-refractivity contribution in [3.63, 3.8) is 0 Å². The highest BCUT2D eigenvalue weighted by atomic mass is 16.5. The zero-order valence-electron chi connectivity index (χ0n) is 16.0. The Morgan fingerprint density at radius 3 is 1.81 bits per heavy atom. The average Bonchev–Trinajstić information content (AvgIpc) is 3.16. The number of rotatable bonds is 5. The Labute approximate surface area is 160 Å². The standard InChI is InChI=1S/C22H26N4O/c1-17(22-23-18(2)24-27-22)25-13-15-26(16-14-25)21(19-9-5-3-6-10-19)20-11-7-4-8-12-20/h3-12,17,21H,13-16H2,1-2H3. The van der Waals surface area contributed by atoms with Gasteiger partial charge in [0.15, 0.2) is 5.82 Å². The Balaban J connectivity index is 1.50. The van der Waals surface area contributed by atoms with Gasteiger partial charge in [-0.25, -0.2) is 0 Å². The van der Waals surface area contributed by atoms with Crippen LogP contribution in [-0.2, 0) is 0 Å². The number of aryl methyl sites for hydroxylation is 1. The molecule has 0 radical (unpaired) electrons. The maximum atomic E-state index is 5.38. The highest BCUT2D eigenvalue weighted by Crippen LogP contribution is 2.30. The fourth-order valence-electron chi connectivity index (χ4n) is 3.91. The van der Waals surface area contributed by atoms with Crippen LogP contribution in [0.15, 0.2) is 65.2 Å². The molecule has 0 saturated carbocycles. The number of benzene rings is 2. The highest BCUT2D eigenvalue weighted by Gasteiger charge is 2.29. The lowest BCUT2D eigenvalue weighted by Crippen LogP contribution is -2.48. The molecule has 5 heteroatoms. The van der Waals surface area contributed by atoms with Gasteiger partial charge in [-0.05, 0) is 25.0 Å². The topological polar surface area (TPSA) is 45.4 Å². The second-order valence-corrected chi connectivity index (χ2v) is 7.15. The van der Waals surface area contributed by atoms with Crippen LogP contribution < -0.4 is 0 Å². The molecule has 1 saturated heterocycles. The van der Waals surface area contributed by atoms with Crippen molar-refractivity contribution < 1.29 is 4.52 Å². The van der Waals surface area contributed by atoms with E-state index in [9.17, 15) is 0 Å². The van der Waals surface area contributed by atoms with E-state index in [1.165, 1.54) is 11.1 Å². The minimum Gasteiger partial charge on any atom is -0.338 e. The summed E-state index contributed by atoms with van der Waals surface area (Å²) in [5.41, 5.74) is 2.69. The van der Waals surface area contributed by atoms with E-state index in [4.69, 9.17) is 4.52 Å². The van der Waals surface area contributed by atoms with E-state index in [1.54, 1.807) is 0 Å². The minimum atomic E-state index is 0.153. The Hall–Kier alpha value is -2.50. The molecular weight excluding hydrogens is 336 g/mol. The SMILES string of the molecule is Cc1noc(C(C)N2CCN(C(c3ccccc3)c3ccccc3)CC2)n1. The summed E-state index contributed by atoms with van der Waals surface area (Å²) in [6.07, 6.45) is 0. The first-order valence-corrected chi connectivity index (χ1v) is 9.60. The Morgan fingerprint density at radius 2 is 1.33 bits per heavy atom. The van der Waals surface area contributed by atoms with Crippen LogP contribution in [-0.4, -0.2) is 46.1 Å². The fraction of sp³-hybridized carbons (Fsp3) is 0.364. The predicted molar refractivity (Wildman–Crippen MR) is 105 cm³/mol. The third-order valence-electron chi connectivity index (χ3n) is 5.39. The first kappa shape index (κ1) is 17.9. The molecule has 0 amide bonds. The number of hydrogen-bond acceptors (Lipinski definition) is 5. The molecule has 0 N–H and O–H groups in total. The van der Waals surface area contributed by atoms with Crippen molar-refractivity contribution >= 4 is 0 Å². The van der Waals surface area contributed by atoms with E-state index < -0.39 is 0 Å². The van der Waals surface area contributed by atoms with Crippen molar-refractivity contribution in [2.45, 2.75) is 25.9 Å². The van der Waals surface area contributed by atoms with Crippen LogP contribution in [0.5, 0.6) is 0 Å². The van der Waals surface area contributed by atoms with Gasteiger partial charge in [0.1, 0.15) is 0 Å². The second kappa shape index (κ2) is 8.03. The minimum absolute atomic E-state index is 0.153. The van der Waals surface area contributed by atoms with E-state index in [0.29, 0.717) is 11.7 Å². The van der Waals surface area contributed by atoms with Gasteiger partial charge in [-0.2, -0.15) is 4.98 Å². The van der Waals surface area contributed by atoms with Crippen LogP contribution in [0.4, 0.5) is 0 Å². The van der Waals surface area contributed by atoms with Crippen molar-refractivity contribution in [1.29, 1.82) is 0 Å². The predicted octanol–water partition coefficient (Wildman–Crippen LogP) is 3.85. The lowest BCUT2D eigenvalue weighted by atomic mass is 9.96. The Kier molecular flexibility index (Phi) is 5.32. The molecule has 1 aromatic heterocycles. The maximum Gasteiger partial charge on any atom is 0.243 e. The molecule has 1 unspecified atom stereocenters. The molecule has 1 fully saturated rings. The smallest absolute Gasteiger partial charge is 0.243 e. The van der Waals surface area contributed by atoms with Gasteiger partial charge in [0.05, 0.1) is 12.1 Å². The lowest BCUT2D eigenvalue weighted by molar-refractivity contribution is 0.0726. The molecule has 2 heterocycles. The summed E-state index contributed by atoms with van der Waals surface area (Å²) >= 11 is 0. The molecule has 0 aliphatic carbocycles. The zero-order chi connectivity index (χ0) is 18.6. The summed E-state index contributed by atoms with van der Waals surface area (Å²) in [6.45, 7) is 7.99. The Bertz CT molecular complexity index is 802. The molecule has 4 rings (SSSR count). The van der Waals surface area contributed by atoms with Crippen LogP contribution in [0, 0.1) is 6.92 Å². The van der Waals surface area contributed by atoms with Gasteiger partial charge in [0.2, 0.25) is 5.89 Å². The van der Waals surface area contributed by atoms with Crippen molar-refractivity contribution in [2.24, 2.45) is 0 Å². The molecular formula is C22H26N4O. The molecule has 1 aliphatic rings. The first-order chi connectivity index (χ1) is 13.2. The van der Waals surface area contributed by atoms with E-state index in [0.717, 1.165) is 26.2 Å². The van der Waals surface area contributed by atoms with E-state index in [-0.39, 0.29) is 12.1 Å². The summed E-state index contributed by atoms with van der Waals surface area (Å²) < 4.78 is 5.38. The maximum absolute atomic E-state index is 5.38. The van der Waals surface area contributed by atoms with Crippen LogP contribution in [0.1, 0.15) is 41.8 Å². The van der Waals surface area contributed by atoms with Crippen molar-refractivity contribution in [2.75, 3.05) is 26.2 Å². The second-order valence-electron chi connectivity index (χ2n) is 7.15. The summed E-state index contributed by atoms with van der Waals surface area (Å²) in [6, 6.07) is 22.0. The van der Waals surface area contributed by atoms with Crippen molar-refractivity contribution in [1.82, 2.24) is 19.9 Å². The van der Waals surface area contributed by atoms with Gasteiger partial charge >= 0.3 is 0 Å². The summed E-state index contributed by atoms with van der Waals surface area (Å²) in [5.74, 6) is 1.41. The largest absolute Gasteiger partial charge is 0.338 e. The molecule has 0 spiro atoms. The number of aromatic nitrogens is 2. The molecule has 1 aliphatic heterocycles. The van der Waals surface area contributed by atoms with Gasteiger partial charge in [-0.15, -0.1) is 0 Å².